The molecule has 0 atom stereocenters. The highest BCUT2D eigenvalue weighted by atomic mass is 32.3. The Hall–Kier alpha value is -1.14. The molecule has 19 heavy (non-hydrogen) atoms. The van der Waals surface area contributed by atoms with Crippen molar-refractivity contribution in [2.24, 2.45) is 0 Å². The van der Waals surface area contributed by atoms with Crippen LogP contribution in [0.3, 0.4) is 0 Å². The smallest absolute Gasteiger partial charge is 0.358 e. The Labute approximate surface area is 113 Å². The van der Waals surface area contributed by atoms with Crippen LogP contribution in [0.4, 0.5) is 3.89 Å². The molecule has 4 nitrogen and oxygen atoms in total. The first kappa shape index (κ1) is 14.3. The molecule has 1 aliphatic carbocycles. The van der Waals surface area contributed by atoms with Gasteiger partial charge in [-0.2, -0.15) is 8.42 Å². The fraction of sp³-hybridized carbons (Fsp3) is 0.538. The summed E-state index contributed by atoms with van der Waals surface area (Å²) in [6.07, 6.45) is 4.08. The van der Waals surface area contributed by atoms with Gasteiger partial charge in [-0.3, -0.25) is 0 Å². The molecule has 0 radical (unpaired) electrons. The Morgan fingerprint density at radius 2 is 1.95 bits per heavy atom. The first-order chi connectivity index (χ1) is 8.87. The normalized spacial score (nSPS) is 15.4. The first-order valence-electron chi connectivity index (χ1n) is 6.29. The fourth-order valence-electron chi connectivity index (χ4n) is 2.56. The Morgan fingerprint density at radius 3 is 2.58 bits per heavy atom. The number of aryl methyl sites for hydroxylation is 1. The minimum Gasteiger partial charge on any atom is -0.358 e. The van der Waals surface area contributed by atoms with Crippen molar-refractivity contribution < 1.29 is 16.5 Å². The highest BCUT2D eigenvalue weighted by Crippen LogP contribution is 2.32. The van der Waals surface area contributed by atoms with Crippen LogP contribution in [-0.4, -0.2) is 27.4 Å². The third kappa shape index (κ3) is 3.67. The Balaban J connectivity index is 2.47. The molecule has 6 heteroatoms. The molecule has 0 spiro atoms. The van der Waals surface area contributed by atoms with E-state index in [1.165, 1.54) is 5.56 Å². The van der Waals surface area contributed by atoms with Crippen molar-refractivity contribution in [1.29, 1.82) is 0 Å². The van der Waals surface area contributed by atoms with Crippen molar-refractivity contribution in [3.8, 4) is 5.75 Å². The van der Waals surface area contributed by atoms with Crippen molar-refractivity contribution in [1.82, 2.24) is 4.90 Å². The molecule has 0 N–H and O–H groups in total. The van der Waals surface area contributed by atoms with E-state index in [9.17, 15) is 12.3 Å². The van der Waals surface area contributed by atoms with Crippen LogP contribution in [0.25, 0.3) is 0 Å². The lowest BCUT2D eigenvalue weighted by atomic mass is 9.87. The molecule has 1 aromatic carbocycles. The Morgan fingerprint density at radius 1 is 1.26 bits per heavy atom. The van der Waals surface area contributed by atoms with E-state index >= 15 is 0 Å². The first-order valence-corrected chi connectivity index (χ1v) is 7.60. The van der Waals surface area contributed by atoms with Crippen molar-refractivity contribution in [2.75, 3.05) is 14.1 Å². The maximum atomic E-state index is 12.8. The SMILES string of the molecule is CN(C)Cc1c(OS(=O)(=O)F)ccc2c1CCCC2. The van der Waals surface area contributed by atoms with Crippen molar-refractivity contribution >= 4 is 10.5 Å². The van der Waals surface area contributed by atoms with Crippen LogP contribution in [0.2, 0.25) is 0 Å². The molecule has 2 rings (SSSR count). The van der Waals surface area contributed by atoms with Crippen molar-refractivity contribution in [2.45, 2.75) is 32.2 Å². The van der Waals surface area contributed by atoms with E-state index in [1.807, 2.05) is 25.1 Å². The molecule has 0 fully saturated rings. The summed E-state index contributed by atoms with van der Waals surface area (Å²) < 4.78 is 38.6. The average molecular weight is 287 g/mol. The van der Waals surface area contributed by atoms with Crippen LogP contribution in [-0.2, 0) is 29.9 Å². The fourth-order valence-corrected chi connectivity index (χ4v) is 2.93. The predicted molar refractivity (Wildman–Crippen MR) is 71.1 cm³/mol. The van der Waals surface area contributed by atoms with Gasteiger partial charge in [0.25, 0.3) is 0 Å². The minimum absolute atomic E-state index is 0.108. The predicted octanol–water partition coefficient (Wildman–Crippen LogP) is 2.22. The van der Waals surface area contributed by atoms with Gasteiger partial charge >= 0.3 is 10.5 Å². The molecule has 0 aliphatic heterocycles. The Kier molecular flexibility index (Phi) is 4.10. The lowest BCUT2D eigenvalue weighted by Gasteiger charge is -2.23. The van der Waals surface area contributed by atoms with Crippen LogP contribution in [0.15, 0.2) is 12.1 Å². The van der Waals surface area contributed by atoms with Gasteiger partial charge in [0.05, 0.1) is 0 Å². The monoisotopic (exact) mass is 287 g/mol. The van der Waals surface area contributed by atoms with Crippen molar-refractivity contribution in [3.63, 3.8) is 0 Å². The van der Waals surface area contributed by atoms with Crippen LogP contribution in [0.1, 0.15) is 29.5 Å². The van der Waals surface area contributed by atoms with E-state index in [2.05, 4.69) is 4.18 Å². The molecule has 0 bridgehead atoms. The second kappa shape index (κ2) is 5.46. The van der Waals surface area contributed by atoms with Gasteiger partial charge in [0.2, 0.25) is 0 Å². The minimum atomic E-state index is -4.98. The number of benzene rings is 1. The molecule has 106 valence electrons. The molecule has 1 aromatic rings. The zero-order valence-corrected chi connectivity index (χ0v) is 12.0. The van der Waals surface area contributed by atoms with E-state index in [4.69, 9.17) is 0 Å². The summed E-state index contributed by atoms with van der Waals surface area (Å²) in [7, 11) is -1.21. The lowest BCUT2D eigenvalue weighted by molar-refractivity contribution is 0.386. The topological polar surface area (TPSA) is 46.6 Å². The summed E-state index contributed by atoms with van der Waals surface area (Å²) in [6, 6.07) is 3.40. The molecule has 0 saturated carbocycles. The summed E-state index contributed by atoms with van der Waals surface area (Å²) in [5.41, 5.74) is 3.11. The number of halogens is 1. The zero-order valence-electron chi connectivity index (χ0n) is 11.1. The van der Waals surface area contributed by atoms with Crippen LogP contribution < -0.4 is 4.18 Å². The maximum Gasteiger partial charge on any atom is 0.488 e. The third-order valence-electron chi connectivity index (χ3n) is 3.27. The standard InChI is InChI=1S/C13H18FNO3S/c1-15(2)9-12-11-6-4-3-5-10(11)7-8-13(12)18-19(14,16)17/h7-8H,3-6,9H2,1-2H3. The lowest BCUT2D eigenvalue weighted by Crippen LogP contribution is -2.17. The molecule has 1 aliphatic rings. The average Bonchev–Trinajstić information content (AvgIpc) is 2.30. The summed E-state index contributed by atoms with van der Waals surface area (Å²) in [5, 5.41) is 0. The van der Waals surface area contributed by atoms with Gasteiger partial charge < -0.3 is 9.08 Å². The number of rotatable bonds is 4. The van der Waals surface area contributed by atoms with Crippen LogP contribution in [0, 0.1) is 0 Å². The number of fused-ring (bicyclic) bond motifs is 1. The van der Waals surface area contributed by atoms with Gasteiger partial charge in [-0.1, -0.05) is 9.95 Å². The second-order valence-corrected chi connectivity index (χ2v) is 6.05. The third-order valence-corrected chi connectivity index (χ3v) is 3.65. The van der Waals surface area contributed by atoms with Gasteiger partial charge in [-0.25, -0.2) is 0 Å². The van der Waals surface area contributed by atoms with E-state index in [0.717, 1.165) is 36.8 Å². The second-order valence-electron chi connectivity index (χ2n) is 5.10. The molecule has 0 heterocycles. The van der Waals surface area contributed by atoms with Gasteiger partial charge in [-0.15, -0.1) is 0 Å². The highest BCUT2D eigenvalue weighted by molar-refractivity contribution is 7.81. The maximum absolute atomic E-state index is 12.8. The molecule has 0 aromatic heterocycles. The summed E-state index contributed by atoms with van der Waals surface area (Å²) in [4.78, 5) is 1.92. The van der Waals surface area contributed by atoms with Crippen molar-refractivity contribution in [3.05, 3.63) is 28.8 Å². The quantitative estimate of drug-likeness (QED) is 0.797. The van der Waals surface area contributed by atoms with Crippen LogP contribution in [0.5, 0.6) is 5.75 Å². The molecular formula is C13H18FNO3S. The van der Waals surface area contributed by atoms with Gasteiger partial charge in [0.15, 0.2) is 0 Å². The summed E-state index contributed by atoms with van der Waals surface area (Å²) in [5.74, 6) is 0.108. The molecular weight excluding hydrogens is 269 g/mol. The highest BCUT2D eigenvalue weighted by Gasteiger charge is 2.21. The van der Waals surface area contributed by atoms with E-state index in [-0.39, 0.29) is 5.75 Å². The van der Waals surface area contributed by atoms with E-state index in [0.29, 0.717) is 6.54 Å². The number of hydrogen-bond donors (Lipinski definition) is 0. The molecule has 0 saturated heterocycles. The largest absolute Gasteiger partial charge is 0.488 e. The molecule has 0 amide bonds. The van der Waals surface area contributed by atoms with Gasteiger partial charge in [-0.05, 0) is 57.0 Å². The Bertz CT molecular complexity index is 569. The zero-order chi connectivity index (χ0) is 14.0. The van der Waals surface area contributed by atoms with Gasteiger partial charge in [0.1, 0.15) is 5.75 Å². The van der Waals surface area contributed by atoms with E-state index < -0.39 is 10.5 Å². The van der Waals surface area contributed by atoms with Gasteiger partial charge in [0, 0.05) is 12.1 Å². The van der Waals surface area contributed by atoms with Crippen LogP contribution >= 0.6 is 0 Å². The van der Waals surface area contributed by atoms with E-state index in [1.54, 1.807) is 6.07 Å². The summed E-state index contributed by atoms with van der Waals surface area (Å²) >= 11 is 0. The number of hydrogen-bond acceptors (Lipinski definition) is 4. The molecule has 0 unspecified atom stereocenters. The summed E-state index contributed by atoms with van der Waals surface area (Å²) in [6.45, 7) is 0.536. The number of nitrogens with zero attached hydrogens (tertiary/aromatic N) is 1.